The van der Waals surface area contributed by atoms with Gasteiger partial charge in [0.1, 0.15) is 6.04 Å². The molecular weight excluding hydrogens is 350 g/mol. The van der Waals surface area contributed by atoms with Crippen LogP contribution >= 0.6 is 0 Å². The number of carbonyl (C=O) groups excluding carboxylic acids is 2. The van der Waals surface area contributed by atoms with Crippen molar-refractivity contribution < 1.29 is 14.5 Å². The fraction of sp³-hybridized carbons (Fsp3) is 0.556. The molecule has 0 unspecified atom stereocenters. The van der Waals surface area contributed by atoms with E-state index in [9.17, 15) is 19.7 Å². The van der Waals surface area contributed by atoms with Crippen LogP contribution in [0.15, 0.2) is 24.3 Å². The predicted octanol–water partition coefficient (Wildman–Crippen LogP) is 0.748. The summed E-state index contributed by atoms with van der Waals surface area (Å²) in [6.07, 6.45) is 0.853. The van der Waals surface area contributed by atoms with Crippen LogP contribution in [0.5, 0.6) is 0 Å². The highest BCUT2D eigenvalue weighted by atomic mass is 16.6. The van der Waals surface area contributed by atoms with E-state index < -0.39 is 11.0 Å². The average Bonchev–Trinajstić information content (AvgIpc) is 2.66. The fourth-order valence-electron chi connectivity index (χ4n) is 2.91. The van der Waals surface area contributed by atoms with Crippen LogP contribution in [0.3, 0.4) is 0 Å². The molecule has 0 radical (unpaired) electrons. The number of nitro groups is 1. The maximum atomic E-state index is 12.1. The van der Waals surface area contributed by atoms with E-state index in [1.54, 1.807) is 19.1 Å². The first-order chi connectivity index (χ1) is 12.9. The molecule has 0 aromatic heterocycles. The lowest BCUT2D eigenvalue weighted by Gasteiger charge is -2.35. The van der Waals surface area contributed by atoms with Crippen molar-refractivity contribution in [1.82, 2.24) is 15.5 Å². The quantitative estimate of drug-likeness (QED) is 0.511. The van der Waals surface area contributed by atoms with Gasteiger partial charge in [0.2, 0.25) is 11.8 Å². The van der Waals surface area contributed by atoms with Gasteiger partial charge in [-0.1, -0.05) is 6.92 Å². The molecule has 0 saturated carbocycles. The van der Waals surface area contributed by atoms with E-state index in [1.807, 2.05) is 11.8 Å². The van der Waals surface area contributed by atoms with Gasteiger partial charge in [0.05, 0.1) is 11.5 Å². The third-order valence-electron chi connectivity index (χ3n) is 4.49. The minimum absolute atomic E-state index is 0.0751. The number of carbonyl (C=O) groups is 2. The Labute approximate surface area is 158 Å². The van der Waals surface area contributed by atoms with Gasteiger partial charge in [-0.3, -0.25) is 24.6 Å². The molecule has 1 heterocycles. The molecule has 1 fully saturated rings. The number of hydrogen-bond donors (Lipinski definition) is 2. The Bertz CT molecular complexity index is 656. The number of anilines is 1. The lowest BCUT2D eigenvalue weighted by Crippen LogP contribution is -2.52. The first kappa shape index (κ1) is 20.6. The highest BCUT2D eigenvalue weighted by Crippen LogP contribution is 2.20. The zero-order chi connectivity index (χ0) is 19.8. The van der Waals surface area contributed by atoms with Crippen LogP contribution in [0, 0.1) is 10.1 Å². The Morgan fingerprint density at radius 2 is 1.81 bits per heavy atom. The number of piperazine rings is 1. The number of benzene rings is 1. The fourth-order valence-corrected chi connectivity index (χ4v) is 2.91. The van der Waals surface area contributed by atoms with Crippen molar-refractivity contribution in [3.05, 3.63) is 34.4 Å². The van der Waals surface area contributed by atoms with Crippen molar-refractivity contribution in [1.29, 1.82) is 0 Å². The molecule has 1 aliphatic heterocycles. The summed E-state index contributed by atoms with van der Waals surface area (Å²) in [5.74, 6) is -0.342. The van der Waals surface area contributed by atoms with E-state index in [4.69, 9.17) is 0 Å². The molecule has 148 valence electrons. The maximum Gasteiger partial charge on any atom is 0.269 e. The normalized spacial score (nSPS) is 15.9. The van der Waals surface area contributed by atoms with E-state index >= 15 is 0 Å². The third-order valence-corrected chi connectivity index (χ3v) is 4.49. The molecule has 9 heteroatoms. The van der Waals surface area contributed by atoms with Crippen LogP contribution < -0.4 is 15.5 Å². The summed E-state index contributed by atoms with van der Waals surface area (Å²) in [6, 6.07) is 5.94. The van der Waals surface area contributed by atoms with E-state index in [-0.39, 0.29) is 24.0 Å². The van der Waals surface area contributed by atoms with Crippen LogP contribution in [0.4, 0.5) is 11.4 Å². The average molecular weight is 377 g/mol. The lowest BCUT2D eigenvalue weighted by molar-refractivity contribution is -0.384. The van der Waals surface area contributed by atoms with Gasteiger partial charge in [-0.15, -0.1) is 0 Å². The van der Waals surface area contributed by atoms with Gasteiger partial charge in [0.15, 0.2) is 0 Å². The van der Waals surface area contributed by atoms with E-state index in [2.05, 4.69) is 15.5 Å². The van der Waals surface area contributed by atoms with Gasteiger partial charge in [0.25, 0.3) is 5.69 Å². The summed E-state index contributed by atoms with van der Waals surface area (Å²) in [5, 5.41) is 16.2. The van der Waals surface area contributed by atoms with Crippen molar-refractivity contribution in [3.8, 4) is 0 Å². The van der Waals surface area contributed by atoms with E-state index in [1.165, 1.54) is 12.1 Å². The molecule has 9 nitrogen and oxygen atoms in total. The van der Waals surface area contributed by atoms with Gasteiger partial charge >= 0.3 is 0 Å². The summed E-state index contributed by atoms with van der Waals surface area (Å²) in [7, 11) is 0. The minimum atomic E-state index is -0.551. The molecule has 1 aromatic rings. The number of nitro benzene ring substituents is 1. The van der Waals surface area contributed by atoms with Crippen molar-refractivity contribution >= 4 is 23.2 Å². The van der Waals surface area contributed by atoms with Crippen molar-refractivity contribution in [2.75, 3.05) is 44.2 Å². The predicted molar refractivity (Wildman–Crippen MR) is 103 cm³/mol. The second-order valence-electron chi connectivity index (χ2n) is 6.62. The van der Waals surface area contributed by atoms with Crippen LogP contribution in [0.1, 0.15) is 20.3 Å². The van der Waals surface area contributed by atoms with Gasteiger partial charge in [-0.2, -0.15) is 0 Å². The second kappa shape index (κ2) is 9.86. The minimum Gasteiger partial charge on any atom is -0.369 e. The Kier molecular flexibility index (Phi) is 7.54. The van der Waals surface area contributed by atoms with Crippen molar-refractivity contribution in [2.24, 2.45) is 0 Å². The molecule has 1 atom stereocenters. The topological polar surface area (TPSA) is 108 Å². The van der Waals surface area contributed by atoms with Gasteiger partial charge in [0, 0.05) is 50.5 Å². The molecule has 2 rings (SSSR count). The third kappa shape index (κ3) is 6.21. The SMILES string of the molecule is CCCNC(=O)[C@@H](C)NC(=O)CN1CCN(c2ccc([N+](=O)[O-])cc2)CC1. The molecule has 0 bridgehead atoms. The number of rotatable bonds is 8. The highest BCUT2D eigenvalue weighted by molar-refractivity contribution is 5.87. The Hall–Kier alpha value is -2.68. The molecule has 0 aliphatic carbocycles. The van der Waals surface area contributed by atoms with Crippen LogP contribution in [-0.4, -0.2) is 66.9 Å². The molecule has 1 aromatic carbocycles. The number of nitrogens with zero attached hydrogens (tertiary/aromatic N) is 3. The first-order valence-electron chi connectivity index (χ1n) is 9.19. The zero-order valence-corrected chi connectivity index (χ0v) is 15.8. The lowest BCUT2D eigenvalue weighted by atomic mass is 10.2. The number of hydrogen-bond acceptors (Lipinski definition) is 6. The largest absolute Gasteiger partial charge is 0.369 e. The molecule has 1 saturated heterocycles. The summed E-state index contributed by atoms with van der Waals surface area (Å²) in [4.78, 5) is 38.4. The zero-order valence-electron chi connectivity index (χ0n) is 15.8. The molecule has 0 spiro atoms. The molecule has 1 aliphatic rings. The number of amides is 2. The van der Waals surface area contributed by atoms with Gasteiger partial charge in [-0.25, -0.2) is 0 Å². The molecule has 2 N–H and O–H groups in total. The standard InChI is InChI=1S/C18H27N5O4/c1-3-8-19-18(25)14(2)20-17(24)13-21-9-11-22(12-10-21)15-4-6-16(7-5-15)23(26)27/h4-7,14H,3,8-13H2,1-2H3,(H,19,25)(H,20,24)/t14-/m1/s1. The monoisotopic (exact) mass is 377 g/mol. The number of nitrogens with one attached hydrogen (secondary N) is 2. The van der Waals surface area contributed by atoms with Crippen molar-refractivity contribution in [2.45, 2.75) is 26.3 Å². The second-order valence-corrected chi connectivity index (χ2v) is 6.62. The Morgan fingerprint density at radius 1 is 1.19 bits per heavy atom. The maximum absolute atomic E-state index is 12.1. The van der Waals surface area contributed by atoms with Crippen molar-refractivity contribution in [3.63, 3.8) is 0 Å². The van der Waals surface area contributed by atoms with Gasteiger partial charge < -0.3 is 15.5 Å². The summed E-state index contributed by atoms with van der Waals surface area (Å²) in [5.41, 5.74) is 1.01. The summed E-state index contributed by atoms with van der Waals surface area (Å²) in [6.45, 7) is 7.38. The smallest absolute Gasteiger partial charge is 0.269 e. The van der Waals surface area contributed by atoms with Crippen LogP contribution in [0.2, 0.25) is 0 Å². The molecule has 27 heavy (non-hydrogen) atoms. The van der Waals surface area contributed by atoms with Crippen LogP contribution in [0.25, 0.3) is 0 Å². The Balaban J connectivity index is 1.76. The summed E-state index contributed by atoms with van der Waals surface area (Å²) < 4.78 is 0. The molecular formula is C18H27N5O4. The number of non-ortho nitro benzene ring substituents is 1. The van der Waals surface area contributed by atoms with Crippen LogP contribution in [-0.2, 0) is 9.59 Å². The Morgan fingerprint density at radius 3 is 2.37 bits per heavy atom. The van der Waals surface area contributed by atoms with E-state index in [0.29, 0.717) is 19.6 Å². The van der Waals surface area contributed by atoms with E-state index in [0.717, 1.165) is 25.2 Å². The molecule has 2 amide bonds. The summed E-state index contributed by atoms with van der Waals surface area (Å²) >= 11 is 0. The first-order valence-corrected chi connectivity index (χ1v) is 9.19. The highest BCUT2D eigenvalue weighted by Gasteiger charge is 2.21. The van der Waals surface area contributed by atoms with Gasteiger partial charge in [-0.05, 0) is 25.5 Å².